The molecular formula is C9H8BrF2NO4. The van der Waals surface area contributed by atoms with Crippen LogP contribution in [0.3, 0.4) is 0 Å². The van der Waals surface area contributed by atoms with Gasteiger partial charge in [-0.2, -0.15) is 8.78 Å². The molecule has 1 aromatic rings. The summed E-state index contributed by atoms with van der Waals surface area (Å²) in [4.78, 5) is 9.86. The molecule has 0 radical (unpaired) electrons. The van der Waals surface area contributed by atoms with Crippen molar-refractivity contribution in [3.8, 4) is 5.75 Å². The number of nitrogens with zero attached hydrogens (tertiary/aromatic N) is 1. The maximum Gasteiger partial charge on any atom is 0.387 e. The number of ether oxygens (including phenoxy) is 1. The van der Waals surface area contributed by atoms with Crippen molar-refractivity contribution in [2.75, 3.05) is 0 Å². The van der Waals surface area contributed by atoms with E-state index in [-0.39, 0.29) is 5.56 Å². The van der Waals surface area contributed by atoms with Crippen LogP contribution in [-0.2, 0) is 0 Å². The molecule has 0 amide bonds. The Hall–Kier alpha value is -1.28. The fraction of sp³-hybridized carbons (Fsp3) is 0.333. The summed E-state index contributed by atoms with van der Waals surface area (Å²) in [5.74, 6) is -0.622. The molecular weight excluding hydrogens is 304 g/mol. The number of nitro benzene ring substituents is 1. The Bertz CT molecular complexity index is 439. The number of hydrogen-bond donors (Lipinski definition) is 1. The molecule has 1 atom stereocenters. The number of hydrogen-bond acceptors (Lipinski definition) is 4. The Morgan fingerprint density at radius 1 is 1.53 bits per heavy atom. The van der Waals surface area contributed by atoms with Crippen molar-refractivity contribution in [2.24, 2.45) is 0 Å². The summed E-state index contributed by atoms with van der Waals surface area (Å²) in [5.41, 5.74) is -0.707. The van der Waals surface area contributed by atoms with Crippen molar-refractivity contribution in [2.45, 2.75) is 19.6 Å². The van der Waals surface area contributed by atoms with Gasteiger partial charge in [-0.25, -0.2) is 0 Å². The van der Waals surface area contributed by atoms with Crippen molar-refractivity contribution < 1.29 is 23.5 Å². The fourth-order valence-corrected chi connectivity index (χ4v) is 1.73. The molecule has 1 rings (SSSR count). The van der Waals surface area contributed by atoms with E-state index in [0.717, 1.165) is 6.07 Å². The molecule has 94 valence electrons. The quantitative estimate of drug-likeness (QED) is 0.685. The van der Waals surface area contributed by atoms with E-state index in [1.807, 2.05) is 0 Å². The topological polar surface area (TPSA) is 72.6 Å². The van der Waals surface area contributed by atoms with Crippen LogP contribution in [0.1, 0.15) is 18.6 Å². The second-order valence-electron chi connectivity index (χ2n) is 3.15. The predicted octanol–water partition coefficient (Wildman–Crippen LogP) is 3.01. The van der Waals surface area contributed by atoms with Crippen LogP contribution in [0.2, 0.25) is 0 Å². The van der Waals surface area contributed by atoms with Gasteiger partial charge < -0.3 is 9.84 Å². The summed E-state index contributed by atoms with van der Waals surface area (Å²) < 4.78 is 28.7. The number of benzene rings is 1. The summed E-state index contributed by atoms with van der Waals surface area (Å²) in [7, 11) is 0. The molecule has 0 aliphatic rings. The average molecular weight is 312 g/mol. The van der Waals surface area contributed by atoms with E-state index < -0.39 is 29.1 Å². The lowest BCUT2D eigenvalue weighted by Gasteiger charge is -2.13. The molecule has 1 aromatic carbocycles. The minimum Gasteiger partial charge on any atom is -0.427 e. The van der Waals surface area contributed by atoms with E-state index >= 15 is 0 Å². The van der Waals surface area contributed by atoms with Gasteiger partial charge in [-0.3, -0.25) is 10.1 Å². The minimum atomic E-state index is -3.20. The summed E-state index contributed by atoms with van der Waals surface area (Å²) in [6.45, 7) is -1.91. The number of halogens is 3. The van der Waals surface area contributed by atoms with Crippen molar-refractivity contribution >= 4 is 21.6 Å². The molecule has 0 unspecified atom stereocenters. The van der Waals surface area contributed by atoms with E-state index in [2.05, 4.69) is 20.7 Å². The Kier molecular flexibility index (Phi) is 4.35. The van der Waals surface area contributed by atoms with Gasteiger partial charge in [-0.05, 0) is 13.0 Å². The second-order valence-corrected chi connectivity index (χ2v) is 4.07. The van der Waals surface area contributed by atoms with Crippen molar-refractivity contribution in [1.82, 2.24) is 0 Å². The van der Waals surface area contributed by atoms with E-state index in [1.54, 1.807) is 0 Å². The molecule has 1 N–H and O–H groups in total. The molecule has 17 heavy (non-hydrogen) atoms. The molecule has 0 aliphatic carbocycles. The molecule has 8 heteroatoms. The highest BCUT2D eigenvalue weighted by Crippen LogP contribution is 2.38. The summed E-state index contributed by atoms with van der Waals surface area (Å²) in [6, 6.07) is 2.32. The van der Waals surface area contributed by atoms with Gasteiger partial charge in [0.15, 0.2) is 0 Å². The van der Waals surface area contributed by atoms with Crippen molar-refractivity contribution in [3.63, 3.8) is 0 Å². The zero-order chi connectivity index (χ0) is 13.2. The second kappa shape index (κ2) is 5.37. The van der Waals surface area contributed by atoms with Crippen LogP contribution < -0.4 is 4.74 Å². The Morgan fingerprint density at radius 2 is 2.12 bits per heavy atom. The largest absolute Gasteiger partial charge is 0.427 e. The molecule has 0 aromatic heterocycles. The third-order valence-electron chi connectivity index (χ3n) is 1.92. The third-order valence-corrected chi connectivity index (χ3v) is 2.37. The van der Waals surface area contributed by atoms with Crippen LogP contribution >= 0.6 is 15.9 Å². The van der Waals surface area contributed by atoms with Gasteiger partial charge in [0.25, 0.3) is 0 Å². The molecule has 0 fully saturated rings. The summed E-state index contributed by atoms with van der Waals surface area (Å²) in [6.07, 6.45) is -1.17. The van der Waals surface area contributed by atoms with Gasteiger partial charge in [-0.15, -0.1) is 0 Å². The van der Waals surface area contributed by atoms with Crippen LogP contribution in [-0.4, -0.2) is 16.6 Å². The van der Waals surface area contributed by atoms with E-state index in [9.17, 15) is 24.0 Å². The normalized spacial score (nSPS) is 12.6. The van der Waals surface area contributed by atoms with Crippen LogP contribution in [0, 0.1) is 10.1 Å². The number of rotatable bonds is 4. The zero-order valence-electron chi connectivity index (χ0n) is 8.56. The summed E-state index contributed by atoms with van der Waals surface area (Å²) >= 11 is 2.99. The first kappa shape index (κ1) is 13.8. The number of nitro groups is 1. The molecule has 5 nitrogen and oxygen atoms in total. The van der Waals surface area contributed by atoms with Crippen molar-refractivity contribution in [3.05, 3.63) is 32.3 Å². The van der Waals surface area contributed by atoms with Gasteiger partial charge in [-0.1, -0.05) is 15.9 Å². The van der Waals surface area contributed by atoms with Gasteiger partial charge >= 0.3 is 12.3 Å². The highest BCUT2D eigenvalue weighted by Gasteiger charge is 2.25. The predicted molar refractivity (Wildman–Crippen MR) is 58.1 cm³/mol. The molecule has 0 saturated carbocycles. The number of aliphatic hydroxyl groups excluding tert-OH is 1. The Labute approximate surface area is 103 Å². The van der Waals surface area contributed by atoms with E-state index in [0.29, 0.717) is 4.47 Å². The Balaban J connectivity index is 3.41. The maximum absolute atomic E-state index is 12.2. The van der Waals surface area contributed by atoms with Crippen LogP contribution in [0.5, 0.6) is 5.75 Å². The Morgan fingerprint density at radius 3 is 2.53 bits per heavy atom. The fourth-order valence-electron chi connectivity index (χ4n) is 1.26. The van der Waals surface area contributed by atoms with Crippen molar-refractivity contribution in [1.29, 1.82) is 0 Å². The third kappa shape index (κ3) is 3.34. The highest BCUT2D eigenvalue weighted by atomic mass is 79.9. The zero-order valence-corrected chi connectivity index (χ0v) is 10.1. The first-order valence-electron chi connectivity index (χ1n) is 4.43. The van der Waals surface area contributed by atoms with Gasteiger partial charge in [0, 0.05) is 16.1 Å². The monoisotopic (exact) mass is 311 g/mol. The van der Waals surface area contributed by atoms with Crippen LogP contribution in [0.4, 0.5) is 14.5 Å². The van der Waals surface area contributed by atoms with E-state index in [4.69, 9.17) is 0 Å². The van der Waals surface area contributed by atoms with Gasteiger partial charge in [0.2, 0.25) is 5.75 Å². The molecule has 0 aliphatic heterocycles. The van der Waals surface area contributed by atoms with Crippen LogP contribution in [0.15, 0.2) is 16.6 Å². The lowest BCUT2D eigenvalue weighted by atomic mass is 10.1. The smallest absolute Gasteiger partial charge is 0.387 e. The lowest BCUT2D eigenvalue weighted by molar-refractivity contribution is -0.386. The number of alkyl halides is 2. The van der Waals surface area contributed by atoms with Gasteiger partial charge in [0.1, 0.15) is 0 Å². The first-order chi connectivity index (χ1) is 7.82. The molecule has 0 saturated heterocycles. The molecule has 0 bridgehead atoms. The average Bonchev–Trinajstić information content (AvgIpc) is 2.18. The highest BCUT2D eigenvalue weighted by molar-refractivity contribution is 9.10. The maximum atomic E-state index is 12.2. The van der Waals surface area contributed by atoms with Gasteiger partial charge in [0.05, 0.1) is 11.0 Å². The SMILES string of the molecule is C[C@H](O)c1cc(Br)cc([N+](=O)[O-])c1OC(F)F. The lowest BCUT2D eigenvalue weighted by Crippen LogP contribution is -2.08. The standard InChI is InChI=1S/C9H8BrF2NO4/c1-4(14)6-2-5(10)3-7(13(15)16)8(6)17-9(11)12/h2-4,9,14H,1H3/t4-/m0/s1. The number of aliphatic hydroxyl groups is 1. The first-order valence-corrected chi connectivity index (χ1v) is 5.23. The minimum absolute atomic E-state index is 0.0774. The summed E-state index contributed by atoms with van der Waals surface area (Å²) in [5, 5.41) is 20.1. The molecule has 0 heterocycles. The van der Waals surface area contributed by atoms with E-state index in [1.165, 1.54) is 13.0 Å². The van der Waals surface area contributed by atoms with Crippen LogP contribution in [0.25, 0.3) is 0 Å². The molecule has 0 spiro atoms.